The number of carbonyl (C=O) groups is 1. The van der Waals surface area contributed by atoms with Gasteiger partial charge in [-0.05, 0) is 47.9 Å². The second kappa shape index (κ2) is 9.52. The zero-order chi connectivity index (χ0) is 26.5. The van der Waals surface area contributed by atoms with E-state index in [0.717, 1.165) is 30.4 Å². The van der Waals surface area contributed by atoms with Crippen molar-refractivity contribution in [1.29, 1.82) is 0 Å². The van der Waals surface area contributed by atoms with Gasteiger partial charge >= 0.3 is 0 Å². The van der Waals surface area contributed by atoms with Crippen molar-refractivity contribution in [3.63, 3.8) is 0 Å². The van der Waals surface area contributed by atoms with E-state index in [2.05, 4.69) is 9.71 Å². The first-order valence-corrected chi connectivity index (χ1v) is 16.2. The number of amidine groups is 1. The lowest BCUT2D eigenvalue weighted by atomic mass is 9.78. The van der Waals surface area contributed by atoms with E-state index in [1.807, 2.05) is 0 Å². The molecule has 1 amide bonds. The molecule has 2 N–H and O–H groups in total. The van der Waals surface area contributed by atoms with E-state index in [0.29, 0.717) is 24.0 Å². The number of hydrogen-bond donors (Lipinski definition) is 2. The third kappa shape index (κ3) is 5.04. The number of rotatable bonds is 6. The van der Waals surface area contributed by atoms with E-state index < -0.39 is 31.6 Å². The molecule has 2 atom stereocenters. The molecule has 198 valence electrons. The molecule has 1 aliphatic carbocycles. The maximum Gasteiger partial charge on any atom is 0.287 e. The predicted molar refractivity (Wildman–Crippen MR) is 138 cm³/mol. The lowest BCUT2D eigenvalue weighted by molar-refractivity contribution is -0.133. The molecule has 1 aromatic heterocycles. The Hall–Kier alpha value is -2.77. The zero-order valence-corrected chi connectivity index (χ0v) is 22.4. The van der Waals surface area contributed by atoms with Crippen molar-refractivity contribution in [3.05, 3.63) is 57.9 Å². The highest BCUT2D eigenvalue weighted by Crippen LogP contribution is 2.42. The van der Waals surface area contributed by atoms with Crippen LogP contribution in [0.5, 0.6) is 0 Å². The summed E-state index contributed by atoms with van der Waals surface area (Å²) in [4.78, 5) is 15.3. The second-order valence-corrected chi connectivity index (χ2v) is 14.3. The normalized spacial score (nSPS) is 23.2. The maximum absolute atomic E-state index is 13.8. The Balaban J connectivity index is 1.52. The number of sulfonamides is 1. The highest BCUT2D eigenvalue weighted by atomic mass is 32.2. The number of sulfone groups is 1. The van der Waals surface area contributed by atoms with Crippen molar-refractivity contribution in [1.82, 2.24) is 4.90 Å². The average Bonchev–Trinajstić information content (AvgIpc) is 3.25. The van der Waals surface area contributed by atoms with Crippen molar-refractivity contribution in [2.45, 2.75) is 49.6 Å². The summed E-state index contributed by atoms with van der Waals surface area (Å²) in [6.45, 7) is 0.178. The van der Waals surface area contributed by atoms with Crippen LogP contribution in [0.4, 0.5) is 9.39 Å². The van der Waals surface area contributed by atoms with Gasteiger partial charge in [0, 0.05) is 24.8 Å². The minimum atomic E-state index is -4.27. The largest absolute Gasteiger partial charge is 0.511 e. The van der Waals surface area contributed by atoms with Crippen LogP contribution in [0.3, 0.4) is 0 Å². The van der Waals surface area contributed by atoms with Crippen molar-refractivity contribution in [3.8, 4) is 0 Å². The van der Waals surface area contributed by atoms with Crippen LogP contribution < -0.4 is 5.32 Å². The molecule has 2 unspecified atom stereocenters. The van der Waals surface area contributed by atoms with Gasteiger partial charge < -0.3 is 15.3 Å². The fraction of sp³-hybridized carbons (Fsp3) is 0.417. The van der Waals surface area contributed by atoms with E-state index >= 15 is 0 Å². The fourth-order valence-electron chi connectivity index (χ4n) is 5.21. The van der Waals surface area contributed by atoms with Gasteiger partial charge in [0.2, 0.25) is 0 Å². The monoisotopic (exact) mass is 567 g/mol. The highest BCUT2D eigenvalue weighted by Gasteiger charge is 2.46. The number of anilines is 1. The quantitative estimate of drug-likeness (QED) is 0.547. The van der Waals surface area contributed by atoms with E-state index in [1.54, 1.807) is 22.4 Å². The number of nitrogens with zero attached hydrogens (tertiary/aromatic N) is 2. The Kier molecular flexibility index (Phi) is 6.65. The number of halogens is 1. The Labute approximate surface area is 218 Å². The van der Waals surface area contributed by atoms with Gasteiger partial charge in [-0.15, -0.1) is 15.7 Å². The van der Waals surface area contributed by atoms with Gasteiger partial charge in [0.05, 0.1) is 5.75 Å². The molecule has 3 heterocycles. The van der Waals surface area contributed by atoms with Gasteiger partial charge in [-0.1, -0.05) is 25.0 Å². The molecule has 0 saturated heterocycles. The number of aryl methyl sites for hydroxylation is 1. The van der Waals surface area contributed by atoms with Crippen LogP contribution in [0, 0.1) is 11.7 Å². The van der Waals surface area contributed by atoms with Gasteiger partial charge in [0.15, 0.2) is 5.84 Å². The van der Waals surface area contributed by atoms with Crippen LogP contribution in [0.1, 0.15) is 36.8 Å². The lowest BCUT2D eigenvalue weighted by Gasteiger charge is -2.44. The molecular weight excluding hydrogens is 541 g/mol. The Morgan fingerprint density at radius 1 is 1.22 bits per heavy atom. The summed E-state index contributed by atoms with van der Waals surface area (Å²) in [6, 6.07) is 5.55. The van der Waals surface area contributed by atoms with E-state index in [9.17, 15) is 31.1 Å². The van der Waals surface area contributed by atoms with Gasteiger partial charge in [-0.2, -0.15) is 8.42 Å². The summed E-state index contributed by atoms with van der Waals surface area (Å²) >= 11 is 1.07. The van der Waals surface area contributed by atoms with E-state index in [4.69, 9.17) is 0 Å². The summed E-state index contributed by atoms with van der Waals surface area (Å²) < 4.78 is 66.9. The number of aliphatic hydroxyl groups is 1. The standard InChI is InChI=1S/C24H26FN3O6S3/c1-36(31,32)11-10-15-13-35-23-21(15)37(33,34)27-22(26-23)19-20(29)17-4-2-3-5-18(17)28(24(19)30)12-14-6-8-16(25)9-7-14/h6-9,13,17-18,29H,2-5,10-12H2,1H3,(H,26,27). The number of aliphatic hydroxyl groups excluding tert-OH is 1. The molecule has 13 heteroatoms. The molecule has 0 spiro atoms. The molecular formula is C24H26FN3O6S3. The van der Waals surface area contributed by atoms with Gasteiger partial charge in [-0.25, -0.2) is 12.8 Å². The molecule has 1 aromatic carbocycles. The van der Waals surface area contributed by atoms with Crippen molar-refractivity contribution in [2.24, 2.45) is 10.3 Å². The minimum absolute atomic E-state index is 0.0124. The summed E-state index contributed by atoms with van der Waals surface area (Å²) in [5.74, 6) is -1.96. The molecule has 1 fully saturated rings. The minimum Gasteiger partial charge on any atom is -0.511 e. The SMILES string of the molecule is CS(=O)(=O)CCc1csc2c1S(=O)(=O)N=C(C1=C(O)C3CCCCC3N(Cc3ccc(F)cc3)C1=O)N2. The molecule has 2 aromatic rings. The van der Waals surface area contributed by atoms with Crippen LogP contribution >= 0.6 is 11.3 Å². The molecule has 0 bridgehead atoms. The van der Waals surface area contributed by atoms with E-state index in [-0.39, 0.29) is 57.7 Å². The second-order valence-electron chi connectivity index (χ2n) is 9.62. The Morgan fingerprint density at radius 2 is 1.92 bits per heavy atom. The van der Waals surface area contributed by atoms with Crippen molar-refractivity contribution in [2.75, 3.05) is 17.3 Å². The van der Waals surface area contributed by atoms with Crippen molar-refractivity contribution < 1.29 is 31.1 Å². The van der Waals surface area contributed by atoms with Crippen LogP contribution in [0.2, 0.25) is 0 Å². The summed E-state index contributed by atoms with van der Waals surface area (Å²) in [5.41, 5.74) is 0.854. The molecule has 0 radical (unpaired) electrons. The Bertz CT molecular complexity index is 1530. The molecule has 2 aliphatic heterocycles. The highest BCUT2D eigenvalue weighted by molar-refractivity contribution is 7.91. The zero-order valence-electron chi connectivity index (χ0n) is 20.0. The third-order valence-electron chi connectivity index (χ3n) is 6.98. The average molecular weight is 568 g/mol. The Morgan fingerprint density at radius 3 is 2.62 bits per heavy atom. The van der Waals surface area contributed by atoms with Gasteiger partial charge in [-0.3, -0.25) is 4.79 Å². The number of fused-ring (bicyclic) bond motifs is 2. The van der Waals surface area contributed by atoms with Crippen molar-refractivity contribution >= 4 is 47.9 Å². The molecule has 5 rings (SSSR count). The maximum atomic E-state index is 13.8. The summed E-state index contributed by atoms with van der Waals surface area (Å²) in [5, 5.41) is 15.9. The number of hydrogen-bond acceptors (Lipinski definition) is 8. The predicted octanol–water partition coefficient (Wildman–Crippen LogP) is 3.40. The lowest BCUT2D eigenvalue weighted by Crippen LogP contribution is -2.52. The number of thiophene rings is 1. The van der Waals surface area contributed by atoms with Gasteiger partial charge in [0.1, 0.15) is 36.9 Å². The van der Waals surface area contributed by atoms with E-state index in [1.165, 1.54) is 12.1 Å². The van der Waals surface area contributed by atoms with Crippen LogP contribution in [-0.4, -0.2) is 56.6 Å². The topological polar surface area (TPSA) is 133 Å². The van der Waals surface area contributed by atoms with Gasteiger partial charge in [0.25, 0.3) is 15.9 Å². The molecule has 3 aliphatic rings. The first kappa shape index (κ1) is 25.9. The third-order valence-corrected chi connectivity index (χ3v) is 10.4. The fourth-order valence-corrected chi connectivity index (χ4v) is 8.48. The number of carbonyl (C=O) groups excluding carboxylic acids is 1. The smallest absolute Gasteiger partial charge is 0.287 e. The summed E-state index contributed by atoms with van der Waals surface area (Å²) in [6.07, 6.45) is 4.15. The summed E-state index contributed by atoms with van der Waals surface area (Å²) in [7, 11) is -7.58. The van der Waals surface area contributed by atoms with Crippen LogP contribution in [0.25, 0.3) is 0 Å². The number of benzene rings is 1. The van der Waals surface area contributed by atoms with Crippen LogP contribution in [-0.2, 0) is 37.6 Å². The molecule has 1 saturated carbocycles. The first-order chi connectivity index (χ1) is 17.4. The number of nitrogens with one attached hydrogen (secondary N) is 1. The van der Waals surface area contributed by atoms with Crippen LogP contribution in [0.15, 0.2) is 50.3 Å². The number of amides is 1. The first-order valence-electron chi connectivity index (χ1n) is 11.8. The molecule has 9 nitrogen and oxygen atoms in total. The molecule has 37 heavy (non-hydrogen) atoms.